The first-order chi connectivity index (χ1) is 12.0. The summed E-state index contributed by atoms with van der Waals surface area (Å²) in [6, 6.07) is 7.75. The van der Waals surface area contributed by atoms with E-state index in [-0.39, 0.29) is 13.0 Å². The standard InChI is InChI=1S/C19H24N2O4/c1-14-6-7-16(24-2)15(10-14)11-18(23)25-12-17(22)21-19(13-20)8-4-3-5-9-19/h6-7,10H,3-5,8-9,11-12H2,1-2H3,(H,21,22). The summed E-state index contributed by atoms with van der Waals surface area (Å²) in [5.41, 5.74) is 0.907. The van der Waals surface area contributed by atoms with Gasteiger partial charge >= 0.3 is 5.97 Å². The van der Waals surface area contributed by atoms with Gasteiger partial charge in [-0.2, -0.15) is 5.26 Å². The Bertz CT molecular complexity index is 672. The van der Waals surface area contributed by atoms with Crippen LogP contribution in [0.2, 0.25) is 0 Å². The van der Waals surface area contributed by atoms with Crippen molar-refractivity contribution in [3.05, 3.63) is 29.3 Å². The van der Waals surface area contributed by atoms with E-state index in [4.69, 9.17) is 9.47 Å². The third kappa shape index (κ3) is 5.21. The minimum Gasteiger partial charge on any atom is -0.496 e. The average Bonchev–Trinajstić information content (AvgIpc) is 2.61. The number of aryl methyl sites for hydroxylation is 1. The van der Waals surface area contributed by atoms with Crippen LogP contribution in [0.5, 0.6) is 5.75 Å². The number of ether oxygens (including phenoxy) is 2. The normalized spacial score (nSPS) is 15.7. The predicted molar refractivity (Wildman–Crippen MR) is 92.0 cm³/mol. The number of amides is 1. The summed E-state index contributed by atoms with van der Waals surface area (Å²) in [6.45, 7) is 1.55. The van der Waals surface area contributed by atoms with E-state index in [1.807, 2.05) is 19.1 Å². The topological polar surface area (TPSA) is 88.4 Å². The molecule has 1 aromatic carbocycles. The van der Waals surface area contributed by atoms with Gasteiger partial charge in [0.15, 0.2) is 6.61 Å². The summed E-state index contributed by atoms with van der Waals surface area (Å²) >= 11 is 0. The van der Waals surface area contributed by atoms with Gasteiger partial charge in [-0.05, 0) is 25.8 Å². The van der Waals surface area contributed by atoms with Crippen LogP contribution in [0.4, 0.5) is 0 Å². The van der Waals surface area contributed by atoms with Gasteiger partial charge in [0.1, 0.15) is 11.3 Å². The van der Waals surface area contributed by atoms with Crippen molar-refractivity contribution in [1.29, 1.82) is 5.26 Å². The molecule has 1 saturated carbocycles. The molecule has 2 rings (SSSR count). The highest BCUT2D eigenvalue weighted by Gasteiger charge is 2.33. The minimum atomic E-state index is -0.818. The van der Waals surface area contributed by atoms with Crippen molar-refractivity contribution in [1.82, 2.24) is 5.32 Å². The van der Waals surface area contributed by atoms with Crippen molar-refractivity contribution in [2.24, 2.45) is 0 Å². The summed E-state index contributed by atoms with van der Waals surface area (Å²) in [5.74, 6) is -0.334. The van der Waals surface area contributed by atoms with Crippen LogP contribution in [0.15, 0.2) is 18.2 Å². The maximum Gasteiger partial charge on any atom is 0.310 e. The van der Waals surface area contributed by atoms with Crippen LogP contribution in [-0.4, -0.2) is 31.1 Å². The Hall–Kier alpha value is -2.55. The fourth-order valence-electron chi connectivity index (χ4n) is 3.12. The first kappa shape index (κ1) is 18.8. The van der Waals surface area contributed by atoms with Crippen molar-refractivity contribution in [3.8, 4) is 11.8 Å². The SMILES string of the molecule is COc1ccc(C)cc1CC(=O)OCC(=O)NC1(C#N)CCCCC1. The second-order valence-corrected chi connectivity index (χ2v) is 6.46. The molecule has 1 aliphatic rings. The molecule has 1 fully saturated rings. The lowest BCUT2D eigenvalue weighted by atomic mass is 9.83. The van der Waals surface area contributed by atoms with Gasteiger partial charge in [-0.1, -0.05) is 37.0 Å². The van der Waals surface area contributed by atoms with E-state index in [0.29, 0.717) is 24.2 Å². The number of nitriles is 1. The zero-order chi connectivity index (χ0) is 18.3. The van der Waals surface area contributed by atoms with Crippen LogP contribution < -0.4 is 10.1 Å². The molecule has 0 aliphatic heterocycles. The van der Waals surface area contributed by atoms with E-state index in [9.17, 15) is 14.9 Å². The molecule has 1 aliphatic carbocycles. The number of nitrogens with one attached hydrogen (secondary N) is 1. The highest BCUT2D eigenvalue weighted by atomic mass is 16.5. The molecule has 1 amide bonds. The van der Waals surface area contributed by atoms with E-state index in [1.54, 1.807) is 13.2 Å². The van der Waals surface area contributed by atoms with Crippen LogP contribution in [-0.2, 0) is 20.7 Å². The first-order valence-corrected chi connectivity index (χ1v) is 8.49. The van der Waals surface area contributed by atoms with E-state index in [0.717, 1.165) is 24.8 Å². The second kappa shape index (κ2) is 8.52. The molecule has 6 heteroatoms. The quantitative estimate of drug-likeness (QED) is 0.801. The highest BCUT2D eigenvalue weighted by Crippen LogP contribution is 2.27. The van der Waals surface area contributed by atoms with Gasteiger partial charge in [-0.3, -0.25) is 9.59 Å². The highest BCUT2D eigenvalue weighted by molar-refractivity contribution is 5.82. The molecular formula is C19H24N2O4. The molecular weight excluding hydrogens is 320 g/mol. The number of esters is 1. The van der Waals surface area contributed by atoms with Crippen molar-refractivity contribution >= 4 is 11.9 Å². The summed E-state index contributed by atoms with van der Waals surface area (Å²) in [4.78, 5) is 24.1. The molecule has 0 heterocycles. The van der Waals surface area contributed by atoms with Gasteiger partial charge < -0.3 is 14.8 Å². The number of methoxy groups -OCH3 is 1. The number of rotatable bonds is 6. The number of carbonyl (C=O) groups excluding carboxylic acids is 2. The average molecular weight is 344 g/mol. The Kier molecular flexibility index (Phi) is 6.40. The van der Waals surface area contributed by atoms with Crippen molar-refractivity contribution in [2.75, 3.05) is 13.7 Å². The van der Waals surface area contributed by atoms with Crippen LogP contribution in [0.3, 0.4) is 0 Å². The lowest BCUT2D eigenvalue weighted by Gasteiger charge is -2.31. The monoisotopic (exact) mass is 344 g/mol. The van der Waals surface area contributed by atoms with Crippen LogP contribution in [0, 0.1) is 18.3 Å². The van der Waals surface area contributed by atoms with E-state index < -0.39 is 17.4 Å². The van der Waals surface area contributed by atoms with Crippen LogP contribution in [0.25, 0.3) is 0 Å². The number of hydrogen-bond donors (Lipinski definition) is 1. The number of benzene rings is 1. The van der Waals surface area contributed by atoms with Crippen LogP contribution >= 0.6 is 0 Å². The molecule has 1 N–H and O–H groups in total. The third-order valence-corrected chi connectivity index (χ3v) is 4.43. The molecule has 0 unspecified atom stereocenters. The smallest absolute Gasteiger partial charge is 0.310 e. The molecule has 0 saturated heterocycles. The van der Waals surface area contributed by atoms with Gasteiger partial charge in [-0.15, -0.1) is 0 Å². The van der Waals surface area contributed by atoms with Gasteiger partial charge in [0.05, 0.1) is 19.6 Å². The molecule has 0 atom stereocenters. The first-order valence-electron chi connectivity index (χ1n) is 8.49. The largest absolute Gasteiger partial charge is 0.496 e. The Morgan fingerprint density at radius 1 is 1.28 bits per heavy atom. The van der Waals surface area contributed by atoms with Crippen molar-refractivity contribution < 1.29 is 19.1 Å². The lowest BCUT2D eigenvalue weighted by molar-refractivity contribution is -0.148. The van der Waals surface area contributed by atoms with Gasteiger partial charge in [0, 0.05) is 5.56 Å². The Morgan fingerprint density at radius 2 is 2.00 bits per heavy atom. The van der Waals surface area contributed by atoms with Gasteiger partial charge in [0.25, 0.3) is 5.91 Å². The Labute approximate surface area is 148 Å². The molecule has 0 spiro atoms. The molecule has 134 valence electrons. The molecule has 1 aromatic rings. The minimum absolute atomic E-state index is 0.0293. The molecule has 0 aromatic heterocycles. The molecule has 0 bridgehead atoms. The van der Waals surface area contributed by atoms with E-state index in [1.165, 1.54) is 0 Å². The Balaban J connectivity index is 1.86. The van der Waals surface area contributed by atoms with Crippen molar-refractivity contribution in [2.45, 2.75) is 51.0 Å². The summed E-state index contributed by atoms with van der Waals surface area (Å²) in [6.07, 6.45) is 4.23. The van der Waals surface area contributed by atoms with Crippen LogP contribution in [0.1, 0.15) is 43.2 Å². The zero-order valence-electron chi connectivity index (χ0n) is 14.8. The van der Waals surface area contributed by atoms with Gasteiger partial charge in [-0.25, -0.2) is 0 Å². The number of carbonyl (C=O) groups is 2. The summed E-state index contributed by atoms with van der Waals surface area (Å²) in [5, 5.41) is 12.1. The number of nitrogens with zero attached hydrogens (tertiary/aromatic N) is 1. The molecule has 25 heavy (non-hydrogen) atoms. The predicted octanol–water partition coefficient (Wildman–Crippen LogP) is 2.43. The van der Waals surface area contributed by atoms with Crippen molar-refractivity contribution in [3.63, 3.8) is 0 Å². The maximum absolute atomic E-state index is 12.0. The van der Waals surface area contributed by atoms with E-state index in [2.05, 4.69) is 11.4 Å². The fourth-order valence-corrected chi connectivity index (χ4v) is 3.12. The van der Waals surface area contributed by atoms with Gasteiger partial charge in [0.2, 0.25) is 0 Å². The maximum atomic E-state index is 12.0. The lowest BCUT2D eigenvalue weighted by Crippen LogP contribution is -2.50. The third-order valence-electron chi connectivity index (χ3n) is 4.43. The summed E-state index contributed by atoms with van der Waals surface area (Å²) < 4.78 is 10.3. The number of hydrogen-bond acceptors (Lipinski definition) is 5. The summed E-state index contributed by atoms with van der Waals surface area (Å²) in [7, 11) is 1.54. The second-order valence-electron chi connectivity index (χ2n) is 6.46. The van der Waals surface area contributed by atoms with E-state index >= 15 is 0 Å². The zero-order valence-corrected chi connectivity index (χ0v) is 14.8. The Morgan fingerprint density at radius 3 is 2.64 bits per heavy atom. The molecule has 0 radical (unpaired) electrons. The molecule has 6 nitrogen and oxygen atoms in total. The fraction of sp³-hybridized carbons (Fsp3) is 0.526.